The molecule has 1 fully saturated rings. The quantitative estimate of drug-likeness (QED) is 0.196. The normalized spacial score (nSPS) is 23.1. The van der Waals surface area contributed by atoms with Crippen molar-refractivity contribution in [3.05, 3.63) is 124 Å². The lowest BCUT2D eigenvalue weighted by molar-refractivity contribution is -0.130. The molecular formula is C29H22N2O5. The Balaban J connectivity index is 1.69. The van der Waals surface area contributed by atoms with Crippen molar-refractivity contribution < 1.29 is 24.2 Å². The molecule has 0 amide bonds. The maximum absolute atomic E-state index is 14.0. The van der Waals surface area contributed by atoms with Crippen molar-refractivity contribution in [3.8, 4) is 5.75 Å². The molecule has 3 aromatic rings. The Morgan fingerprint density at radius 3 is 2.33 bits per heavy atom. The van der Waals surface area contributed by atoms with Gasteiger partial charge in [0, 0.05) is 29.8 Å². The van der Waals surface area contributed by atoms with Gasteiger partial charge in [-0.2, -0.15) is 0 Å². The van der Waals surface area contributed by atoms with Crippen LogP contribution in [0.3, 0.4) is 0 Å². The number of nitrogens with zero attached hydrogens (tertiary/aromatic N) is 1. The van der Waals surface area contributed by atoms with Crippen LogP contribution >= 0.6 is 0 Å². The van der Waals surface area contributed by atoms with E-state index in [1.165, 1.54) is 0 Å². The highest BCUT2D eigenvalue weighted by Gasteiger charge is 2.56. The van der Waals surface area contributed by atoms with Crippen molar-refractivity contribution in [2.24, 2.45) is 0 Å². The van der Waals surface area contributed by atoms with Crippen molar-refractivity contribution in [3.63, 3.8) is 0 Å². The Morgan fingerprint density at radius 2 is 1.58 bits per heavy atom. The fourth-order valence-corrected chi connectivity index (χ4v) is 5.19. The number of benzene rings is 3. The van der Waals surface area contributed by atoms with Gasteiger partial charge < -0.3 is 20.1 Å². The molecule has 0 spiro atoms. The first-order chi connectivity index (χ1) is 17.5. The lowest BCUT2D eigenvalue weighted by Gasteiger charge is -2.41. The predicted octanol–water partition coefficient (Wildman–Crippen LogP) is 3.33. The molecule has 0 aliphatic carbocycles. The van der Waals surface area contributed by atoms with E-state index in [4.69, 9.17) is 4.74 Å². The molecule has 1 saturated heterocycles. The van der Waals surface area contributed by atoms with Gasteiger partial charge in [-0.1, -0.05) is 72.8 Å². The van der Waals surface area contributed by atoms with Crippen molar-refractivity contribution in [2.75, 3.05) is 13.1 Å². The van der Waals surface area contributed by atoms with E-state index in [0.717, 1.165) is 0 Å². The molecule has 3 aliphatic heterocycles. The van der Waals surface area contributed by atoms with Gasteiger partial charge in [0.25, 0.3) is 0 Å². The first-order valence-electron chi connectivity index (χ1n) is 11.8. The van der Waals surface area contributed by atoms with Crippen LogP contribution < -0.4 is 10.1 Å². The van der Waals surface area contributed by atoms with Crippen molar-refractivity contribution in [1.82, 2.24) is 10.2 Å². The number of ether oxygens (including phenoxy) is 1. The highest BCUT2D eigenvalue weighted by atomic mass is 16.5. The molecule has 3 heterocycles. The number of nitrogens with one attached hydrogen (secondary N) is 1. The van der Waals surface area contributed by atoms with Gasteiger partial charge in [-0.3, -0.25) is 9.59 Å². The summed E-state index contributed by atoms with van der Waals surface area (Å²) in [4.78, 5) is 42.9. The molecule has 0 bridgehead atoms. The average molecular weight is 479 g/mol. The van der Waals surface area contributed by atoms with Gasteiger partial charge in [-0.25, -0.2) is 4.79 Å². The number of esters is 1. The van der Waals surface area contributed by atoms with Gasteiger partial charge in [0.2, 0.25) is 5.78 Å². The standard InChI is InChI=1S/C29H22N2O5/c32-25(18-10-3-1-4-11-18)22-24(23-26(33)20-14-7-8-15-21(20)36-28(23)34)29(35,19-12-5-2-6-13-19)31-17-9-16-30-27(22)31/h1-8,10-15,30,35H,9,16-17H2/b24-23+. The van der Waals surface area contributed by atoms with Gasteiger partial charge in [0.05, 0.1) is 11.1 Å². The number of rotatable bonds is 3. The van der Waals surface area contributed by atoms with Crippen LogP contribution in [-0.2, 0) is 10.5 Å². The molecule has 36 heavy (non-hydrogen) atoms. The second-order valence-corrected chi connectivity index (χ2v) is 8.85. The summed E-state index contributed by atoms with van der Waals surface area (Å²) in [5.74, 6) is -1.35. The Kier molecular flexibility index (Phi) is 5.09. The average Bonchev–Trinajstić information content (AvgIpc) is 3.19. The van der Waals surface area contributed by atoms with E-state index in [-0.39, 0.29) is 28.0 Å². The van der Waals surface area contributed by atoms with E-state index in [1.54, 1.807) is 83.8 Å². The number of carbonyl (C=O) groups excluding carboxylic acids is 3. The van der Waals surface area contributed by atoms with Crippen molar-refractivity contribution in [2.45, 2.75) is 12.1 Å². The molecule has 1 unspecified atom stereocenters. The maximum Gasteiger partial charge on any atom is 0.348 e. The number of carbonyl (C=O) groups is 3. The summed E-state index contributed by atoms with van der Waals surface area (Å²) in [5.41, 5.74) is -1.25. The second-order valence-electron chi connectivity index (χ2n) is 8.85. The van der Waals surface area contributed by atoms with Crippen molar-refractivity contribution in [1.29, 1.82) is 0 Å². The molecule has 0 radical (unpaired) electrons. The van der Waals surface area contributed by atoms with Crippen LogP contribution in [-0.4, -0.2) is 40.6 Å². The van der Waals surface area contributed by atoms with Crippen LogP contribution in [0.25, 0.3) is 0 Å². The molecular weight excluding hydrogens is 456 g/mol. The summed E-state index contributed by atoms with van der Waals surface area (Å²) in [5, 5.41) is 15.7. The Bertz CT molecular complexity index is 1480. The SMILES string of the molecule is O=C1Oc2ccccc2C(=O)/C1=C1/C(C(=O)c2ccccc2)=C2NCCCN2C1(O)c1ccccc1. The third kappa shape index (κ3) is 3.13. The smallest absolute Gasteiger partial charge is 0.348 e. The van der Waals surface area contributed by atoms with Crippen LogP contribution in [0.2, 0.25) is 0 Å². The zero-order chi connectivity index (χ0) is 24.9. The molecule has 3 aromatic carbocycles. The zero-order valence-corrected chi connectivity index (χ0v) is 19.2. The monoisotopic (exact) mass is 478 g/mol. The number of hydrogen-bond acceptors (Lipinski definition) is 7. The molecule has 7 nitrogen and oxygen atoms in total. The summed E-state index contributed by atoms with van der Waals surface area (Å²) in [6.07, 6.45) is 0.690. The van der Waals surface area contributed by atoms with Crippen LogP contribution in [0.4, 0.5) is 0 Å². The number of hydrogen-bond donors (Lipinski definition) is 2. The fourth-order valence-electron chi connectivity index (χ4n) is 5.19. The number of fused-ring (bicyclic) bond motifs is 2. The zero-order valence-electron chi connectivity index (χ0n) is 19.2. The number of aliphatic hydroxyl groups is 1. The first kappa shape index (κ1) is 22.0. The van der Waals surface area contributed by atoms with Gasteiger partial charge in [-0.15, -0.1) is 0 Å². The van der Waals surface area contributed by atoms with Gasteiger partial charge >= 0.3 is 5.97 Å². The van der Waals surface area contributed by atoms with E-state index in [2.05, 4.69) is 5.32 Å². The van der Waals surface area contributed by atoms with Crippen LogP contribution in [0.5, 0.6) is 5.75 Å². The summed E-state index contributed by atoms with van der Waals surface area (Å²) in [7, 11) is 0. The van der Waals surface area contributed by atoms with Crippen LogP contribution in [0.1, 0.15) is 32.7 Å². The third-order valence-corrected chi connectivity index (χ3v) is 6.80. The lowest BCUT2D eigenvalue weighted by Crippen LogP contribution is -2.50. The first-order valence-corrected chi connectivity index (χ1v) is 11.8. The minimum absolute atomic E-state index is 0.0588. The summed E-state index contributed by atoms with van der Waals surface area (Å²) in [6.45, 7) is 0.988. The Hall–Kier alpha value is -4.49. The second kappa shape index (κ2) is 8.32. The van der Waals surface area contributed by atoms with Crippen molar-refractivity contribution >= 4 is 17.5 Å². The van der Waals surface area contributed by atoms with Crippen LogP contribution in [0, 0.1) is 0 Å². The Morgan fingerprint density at radius 1 is 0.917 bits per heavy atom. The Labute approximate surface area is 207 Å². The maximum atomic E-state index is 14.0. The number of ketones is 2. The molecule has 3 aliphatic rings. The van der Waals surface area contributed by atoms with Gasteiger partial charge in [-0.05, 0) is 18.6 Å². The third-order valence-electron chi connectivity index (χ3n) is 6.80. The molecule has 0 aromatic heterocycles. The molecule has 1 atom stereocenters. The topological polar surface area (TPSA) is 95.9 Å². The van der Waals surface area contributed by atoms with E-state index in [1.807, 2.05) is 6.07 Å². The molecule has 178 valence electrons. The summed E-state index contributed by atoms with van der Waals surface area (Å²) in [6, 6.07) is 23.9. The highest BCUT2D eigenvalue weighted by molar-refractivity contribution is 6.30. The minimum atomic E-state index is -1.94. The number of para-hydroxylation sites is 1. The largest absolute Gasteiger partial charge is 0.422 e. The molecule has 0 saturated carbocycles. The van der Waals surface area contributed by atoms with Crippen LogP contribution in [0.15, 0.2) is 107 Å². The van der Waals surface area contributed by atoms with Gasteiger partial charge in [0.1, 0.15) is 17.1 Å². The number of Topliss-reactive ketones (excluding diaryl/α,β-unsaturated/α-hetero) is 2. The summed E-state index contributed by atoms with van der Waals surface area (Å²) < 4.78 is 5.54. The van der Waals surface area contributed by atoms with E-state index in [9.17, 15) is 19.5 Å². The lowest BCUT2D eigenvalue weighted by atomic mass is 9.82. The molecule has 7 heteroatoms. The van der Waals surface area contributed by atoms with E-state index in [0.29, 0.717) is 36.5 Å². The molecule has 6 rings (SSSR count). The molecule has 2 N–H and O–H groups in total. The van der Waals surface area contributed by atoms with E-state index >= 15 is 0 Å². The summed E-state index contributed by atoms with van der Waals surface area (Å²) >= 11 is 0. The highest BCUT2D eigenvalue weighted by Crippen LogP contribution is 2.50. The van der Waals surface area contributed by atoms with E-state index < -0.39 is 23.3 Å². The van der Waals surface area contributed by atoms with Gasteiger partial charge in [0.15, 0.2) is 11.5 Å². The fraction of sp³-hybridized carbons (Fsp3) is 0.138. The predicted molar refractivity (Wildman–Crippen MR) is 131 cm³/mol. The minimum Gasteiger partial charge on any atom is -0.422 e.